The second-order valence-corrected chi connectivity index (χ2v) is 11.1. The number of aromatic nitrogens is 1. The molecule has 0 bridgehead atoms. The number of cyclic esters (lactones) is 2. The molecule has 0 aliphatic carbocycles. The van der Waals surface area contributed by atoms with Crippen LogP contribution in [0.5, 0.6) is 5.75 Å². The first-order valence-corrected chi connectivity index (χ1v) is 13.3. The van der Waals surface area contributed by atoms with Gasteiger partial charge >= 0.3 is 17.9 Å². The fourth-order valence-corrected chi connectivity index (χ4v) is 6.73. The molecule has 2 aliphatic heterocycles. The van der Waals surface area contributed by atoms with Crippen LogP contribution in [0.3, 0.4) is 0 Å². The summed E-state index contributed by atoms with van der Waals surface area (Å²) in [4.78, 5) is 30.5. The molecule has 4 heterocycles. The molecule has 4 aromatic rings. The van der Waals surface area contributed by atoms with Crippen LogP contribution < -0.4 is 9.64 Å². The van der Waals surface area contributed by atoms with Gasteiger partial charge in [0.2, 0.25) is 0 Å². The van der Waals surface area contributed by atoms with Gasteiger partial charge in [0, 0.05) is 38.0 Å². The van der Waals surface area contributed by atoms with Gasteiger partial charge < -0.3 is 29.2 Å². The average molecular weight is 541 g/mol. The number of carbonyl (C=O) groups is 2. The number of hydrogen-bond acceptors (Lipinski definition) is 8. The van der Waals surface area contributed by atoms with Gasteiger partial charge in [-0.1, -0.05) is 23.7 Å². The molecule has 0 spiro atoms. The number of halogens is 1. The monoisotopic (exact) mass is 540 g/mol. The van der Waals surface area contributed by atoms with Crippen molar-refractivity contribution in [1.82, 2.24) is 4.98 Å². The Morgan fingerprint density at radius 3 is 2.62 bits per heavy atom. The molecule has 0 saturated carbocycles. The molecule has 2 aromatic carbocycles. The third kappa shape index (κ3) is 4.11. The van der Waals surface area contributed by atoms with Gasteiger partial charge in [-0.3, -0.25) is 0 Å². The van der Waals surface area contributed by atoms with Crippen molar-refractivity contribution < 1.29 is 28.9 Å². The Hall–Kier alpha value is -3.27. The highest BCUT2D eigenvalue weighted by molar-refractivity contribution is 7.19. The van der Waals surface area contributed by atoms with Crippen LogP contribution in [0.4, 0.5) is 5.82 Å². The number of nitrogens with one attached hydrogen (secondary N) is 1. The molecule has 192 valence electrons. The number of fused-ring (bicyclic) bond motifs is 2. The first-order valence-electron chi connectivity index (χ1n) is 12.1. The molecule has 37 heavy (non-hydrogen) atoms. The Bertz CT molecular complexity index is 1510. The summed E-state index contributed by atoms with van der Waals surface area (Å²) in [5.41, 5.74) is 0.803. The standard InChI is InChI=1S/C27H25ClN2O6S/c1-14-11-16(23-12-17-19(28)5-3-8-22(17)37-23)9-10-30(14)24-13-18-20(29-24)6-4-7-21(18)34-27(15(2)31)35-25(32)26(33)36-27/h3-8,12-16,29,31H,9-11H2,1-2H3/t14-,15+,16+/m1/s1. The number of piperidine rings is 1. The number of aromatic amines is 1. The summed E-state index contributed by atoms with van der Waals surface area (Å²) in [5, 5.41) is 12.8. The minimum atomic E-state index is -2.22. The Kier molecular flexibility index (Phi) is 5.82. The Balaban J connectivity index is 1.25. The van der Waals surface area contributed by atoms with Crippen LogP contribution in [-0.4, -0.2) is 46.7 Å². The summed E-state index contributed by atoms with van der Waals surface area (Å²) in [5.74, 6) is -2.93. The highest BCUT2D eigenvalue weighted by atomic mass is 35.5. The zero-order valence-electron chi connectivity index (χ0n) is 20.2. The van der Waals surface area contributed by atoms with E-state index in [9.17, 15) is 14.7 Å². The van der Waals surface area contributed by atoms with E-state index in [-0.39, 0.29) is 6.04 Å². The number of carbonyl (C=O) groups excluding carboxylic acids is 2. The number of aliphatic hydroxyl groups is 1. The van der Waals surface area contributed by atoms with E-state index >= 15 is 0 Å². The zero-order valence-corrected chi connectivity index (χ0v) is 21.8. The molecule has 10 heteroatoms. The van der Waals surface area contributed by atoms with Crippen LogP contribution >= 0.6 is 22.9 Å². The van der Waals surface area contributed by atoms with Crippen LogP contribution in [0.15, 0.2) is 48.5 Å². The maximum atomic E-state index is 11.7. The molecule has 2 aliphatic rings. The molecule has 0 unspecified atom stereocenters. The second-order valence-electron chi connectivity index (χ2n) is 9.60. The maximum Gasteiger partial charge on any atom is 0.449 e. The van der Waals surface area contributed by atoms with E-state index < -0.39 is 24.0 Å². The number of thiophene rings is 1. The average Bonchev–Trinajstić information content (AvgIpc) is 3.56. The van der Waals surface area contributed by atoms with Gasteiger partial charge in [0.15, 0.2) is 6.10 Å². The molecule has 2 fully saturated rings. The van der Waals surface area contributed by atoms with E-state index in [1.165, 1.54) is 16.5 Å². The third-order valence-electron chi connectivity index (χ3n) is 7.13. The number of esters is 2. The topological polar surface area (TPSA) is 101 Å². The Labute approximate surface area is 221 Å². The van der Waals surface area contributed by atoms with Crippen molar-refractivity contribution in [2.24, 2.45) is 0 Å². The van der Waals surface area contributed by atoms with Crippen molar-refractivity contribution in [2.75, 3.05) is 11.4 Å². The summed E-state index contributed by atoms with van der Waals surface area (Å²) in [6.07, 6.45) is 0.601. The van der Waals surface area contributed by atoms with E-state index in [1.807, 2.05) is 35.6 Å². The molecular formula is C27H25ClN2O6S. The molecule has 2 N–H and O–H groups in total. The second kappa shape index (κ2) is 8.93. The number of aliphatic hydroxyl groups excluding tert-OH is 1. The minimum absolute atomic E-state index is 0.275. The first-order chi connectivity index (χ1) is 17.7. The van der Waals surface area contributed by atoms with Gasteiger partial charge in [0.1, 0.15) is 11.6 Å². The lowest BCUT2D eigenvalue weighted by Crippen LogP contribution is -2.47. The molecule has 0 radical (unpaired) electrons. The van der Waals surface area contributed by atoms with E-state index in [2.05, 4.69) is 28.9 Å². The van der Waals surface area contributed by atoms with Crippen molar-refractivity contribution in [2.45, 2.75) is 50.7 Å². The number of ether oxygens (including phenoxy) is 3. The van der Waals surface area contributed by atoms with Crippen molar-refractivity contribution >= 4 is 61.7 Å². The van der Waals surface area contributed by atoms with E-state index in [1.54, 1.807) is 12.1 Å². The summed E-state index contributed by atoms with van der Waals surface area (Å²) in [7, 11) is 0. The van der Waals surface area contributed by atoms with Gasteiger partial charge in [-0.15, -0.1) is 11.3 Å². The third-order valence-corrected chi connectivity index (χ3v) is 8.72. The van der Waals surface area contributed by atoms with Crippen LogP contribution in [0, 0.1) is 0 Å². The lowest BCUT2D eigenvalue weighted by molar-refractivity contribution is -0.313. The SMILES string of the molecule is C[C@@H]1C[C@@H](c2cc3c(Cl)cccc3s2)CCN1c1cc2c(OC3([C@H](C)O)OC(=O)C(=O)O3)cccc2[nH]1. The first kappa shape index (κ1) is 24.1. The van der Waals surface area contributed by atoms with Gasteiger partial charge in [-0.2, -0.15) is 0 Å². The van der Waals surface area contributed by atoms with E-state index in [4.69, 9.17) is 25.8 Å². The normalized spacial score (nSPS) is 22.3. The minimum Gasteiger partial charge on any atom is -0.418 e. The number of nitrogens with zero attached hydrogens (tertiary/aromatic N) is 1. The molecule has 8 nitrogen and oxygen atoms in total. The van der Waals surface area contributed by atoms with Crippen molar-refractivity contribution in [1.29, 1.82) is 0 Å². The van der Waals surface area contributed by atoms with Crippen molar-refractivity contribution in [3.63, 3.8) is 0 Å². The van der Waals surface area contributed by atoms with Crippen LogP contribution in [0.1, 0.15) is 37.5 Å². The highest BCUT2D eigenvalue weighted by Crippen LogP contribution is 2.42. The zero-order chi connectivity index (χ0) is 25.9. The van der Waals surface area contributed by atoms with Gasteiger partial charge in [-0.25, -0.2) is 9.59 Å². The van der Waals surface area contributed by atoms with E-state index in [0.717, 1.165) is 41.1 Å². The lowest BCUT2D eigenvalue weighted by Gasteiger charge is -2.38. The summed E-state index contributed by atoms with van der Waals surface area (Å²) in [6, 6.07) is 15.9. The number of rotatable bonds is 5. The fourth-order valence-electron chi connectivity index (χ4n) is 5.20. The Morgan fingerprint density at radius 2 is 1.92 bits per heavy atom. The van der Waals surface area contributed by atoms with Crippen molar-refractivity contribution in [3.05, 3.63) is 58.4 Å². The lowest BCUT2D eigenvalue weighted by atomic mass is 9.90. The molecule has 6 rings (SSSR count). The number of H-pyrrole nitrogens is 1. The maximum absolute atomic E-state index is 11.7. The highest BCUT2D eigenvalue weighted by Gasteiger charge is 2.56. The van der Waals surface area contributed by atoms with Crippen LogP contribution in [-0.2, 0) is 19.1 Å². The Morgan fingerprint density at radius 1 is 1.16 bits per heavy atom. The van der Waals surface area contributed by atoms with Crippen LogP contribution in [0.25, 0.3) is 21.0 Å². The number of benzene rings is 2. The number of anilines is 1. The van der Waals surface area contributed by atoms with Gasteiger partial charge in [0.25, 0.3) is 0 Å². The number of hydrogen-bond donors (Lipinski definition) is 2. The summed E-state index contributed by atoms with van der Waals surface area (Å²) < 4.78 is 17.0. The van der Waals surface area contributed by atoms with Crippen molar-refractivity contribution in [3.8, 4) is 5.75 Å². The summed E-state index contributed by atoms with van der Waals surface area (Å²) in [6.45, 7) is 4.41. The summed E-state index contributed by atoms with van der Waals surface area (Å²) >= 11 is 8.23. The predicted molar refractivity (Wildman–Crippen MR) is 141 cm³/mol. The van der Waals surface area contributed by atoms with Gasteiger partial charge in [-0.05, 0) is 69.0 Å². The smallest absolute Gasteiger partial charge is 0.418 e. The van der Waals surface area contributed by atoms with Crippen LogP contribution in [0.2, 0.25) is 5.02 Å². The molecular weight excluding hydrogens is 516 g/mol. The largest absolute Gasteiger partial charge is 0.449 e. The molecule has 2 aromatic heterocycles. The van der Waals surface area contributed by atoms with E-state index in [0.29, 0.717) is 17.1 Å². The predicted octanol–water partition coefficient (Wildman–Crippen LogP) is 5.32. The molecule has 2 saturated heterocycles. The van der Waals surface area contributed by atoms with Gasteiger partial charge in [0.05, 0.1) is 5.52 Å². The fraction of sp³-hybridized carbons (Fsp3) is 0.333. The quantitative estimate of drug-likeness (QED) is 0.261. The molecule has 3 atom stereocenters. The molecule has 0 amide bonds.